The Kier molecular flexibility index (Phi) is 11.7. The first kappa shape index (κ1) is 28.5. The minimum absolute atomic E-state index is 0.0428. The van der Waals surface area contributed by atoms with E-state index in [0.717, 1.165) is 5.56 Å². The number of carbonyl (C=O) groups is 5. The first-order chi connectivity index (χ1) is 15.9. The van der Waals surface area contributed by atoms with E-state index in [0.29, 0.717) is 0 Å². The number of aliphatic hydroxyl groups excluding tert-OH is 1. The fourth-order valence-corrected chi connectivity index (χ4v) is 3.08. The molecule has 1 aromatic carbocycles. The molecule has 4 amide bonds. The molecule has 0 bridgehead atoms. The Morgan fingerprint density at radius 2 is 1.41 bits per heavy atom. The summed E-state index contributed by atoms with van der Waals surface area (Å²) in [6, 6.07) is 3.66. The number of carbonyl (C=O) groups excluding carboxylic acids is 4. The predicted octanol–water partition coefficient (Wildman–Crippen LogP) is -1.99. The van der Waals surface area contributed by atoms with Crippen molar-refractivity contribution in [3.8, 4) is 0 Å². The van der Waals surface area contributed by atoms with Gasteiger partial charge in [0, 0.05) is 0 Å². The van der Waals surface area contributed by atoms with Crippen molar-refractivity contribution >= 4 is 29.6 Å². The van der Waals surface area contributed by atoms with Crippen molar-refractivity contribution in [1.29, 1.82) is 0 Å². The minimum atomic E-state index is -1.52. The van der Waals surface area contributed by atoms with Gasteiger partial charge >= 0.3 is 5.97 Å². The second-order valence-electron chi connectivity index (χ2n) is 8.30. The number of amides is 4. The SMILES string of the molecule is CC(C)CC(NC(=O)C(CO)NC(=O)C(CC(N)=O)NC(=O)C(N)Cc1ccccc1)C(=O)O. The van der Waals surface area contributed by atoms with Gasteiger partial charge in [0.2, 0.25) is 23.6 Å². The van der Waals surface area contributed by atoms with Gasteiger partial charge in [-0.2, -0.15) is 0 Å². The molecule has 12 heteroatoms. The maximum atomic E-state index is 12.7. The quantitative estimate of drug-likeness (QED) is 0.158. The maximum Gasteiger partial charge on any atom is 0.326 e. The molecule has 188 valence electrons. The molecule has 0 heterocycles. The van der Waals surface area contributed by atoms with E-state index in [2.05, 4.69) is 16.0 Å². The summed E-state index contributed by atoms with van der Waals surface area (Å²) >= 11 is 0. The van der Waals surface area contributed by atoms with Gasteiger partial charge in [0.25, 0.3) is 0 Å². The van der Waals surface area contributed by atoms with Crippen molar-refractivity contribution in [2.75, 3.05) is 6.61 Å². The van der Waals surface area contributed by atoms with Gasteiger partial charge in [0.15, 0.2) is 0 Å². The Bertz CT molecular complexity index is 862. The van der Waals surface area contributed by atoms with E-state index in [1.165, 1.54) is 0 Å². The van der Waals surface area contributed by atoms with Gasteiger partial charge in [-0.3, -0.25) is 19.2 Å². The average Bonchev–Trinajstić information content (AvgIpc) is 2.76. The van der Waals surface area contributed by atoms with E-state index in [4.69, 9.17) is 11.5 Å². The van der Waals surface area contributed by atoms with E-state index in [-0.39, 0.29) is 18.8 Å². The highest BCUT2D eigenvalue weighted by Crippen LogP contribution is 2.06. The molecule has 0 aliphatic rings. The van der Waals surface area contributed by atoms with Crippen LogP contribution in [0.2, 0.25) is 0 Å². The number of rotatable bonds is 14. The second-order valence-corrected chi connectivity index (χ2v) is 8.30. The molecule has 0 spiro atoms. The van der Waals surface area contributed by atoms with Gasteiger partial charge in [0.05, 0.1) is 19.1 Å². The van der Waals surface area contributed by atoms with Crippen molar-refractivity contribution in [1.82, 2.24) is 16.0 Å². The van der Waals surface area contributed by atoms with E-state index >= 15 is 0 Å². The van der Waals surface area contributed by atoms with Crippen LogP contribution in [0.3, 0.4) is 0 Å². The number of primary amides is 1. The number of benzene rings is 1. The standard InChI is InChI=1S/C22H33N5O7/c1-12(2)8-16(22(33)34)26-21(32)17(11-28)27-20(31)15(10-18(24)29)25-19(30)14(23)9-13-6-4-3-5-7-13/h3-7,12,14-17,28H,8-11,23H2,1-2H3,(H2,24,29)(H,25,30)(H,26,32)(H,27,31)(H,33,34). The Labute approximate surface area is 197 Å². The third kappa shape index (κ3) is 9.96. The van der Waals surface area contributed by atoms with Crippen molar-refractivity contribution in [3.05, 3.63) is 35.9 Å². The molecule has 0 fully saturated rings. The molecule has 1 rings (SSSR count). The van der Waals surface area contributed by atoms with Crippen LogP contribution in [0.25, 0.3) is 0 Å². The van der Waals surface area contributed by atoms with E-state index in [9.17, 15) is 34.2 Å². The van der Waals surface area contributed by atoms with Crippen LogP contribution in [0.4, 0.5) is 0 Å². The van der Waals surface area contributed by atoms with Gasteiger partial charge in [-0.1, -0.05) is 44.2 Å². The van der Waals surface area contributed by atoms with Gasteiger partial charge in [-0.25, -0.2) is 4.79 Å². The molecule has 0 aliphatic carbocycles. The summed E-state index contributed by atoms with van der Waals surface area (Å²) in [4.78, 5) is 60.4. The number of aliphatic carboxylic acids is 1. The molecular formula is C22H33N5O7. The molecule has 0 saturated carbocycles. The summed E-state index contributed by atoms with van der Waals surface area (Å²) in [6.45, 7) is 2.69. The molecular weight excluding hydrogens is 446 g/mol. The highest BCUT2D eigenvalue weighted by molar-refractivity contribution is 5.96. The highest BCUT2D eigenvalue weighted by Gasteiger charge is 2.31. The maximum absolute atomic E-state index is 12.7. The number of carboxylic acids is 1. The minimum Gasteiger partial charge on any atom is -0.480 e. The number of hydrogen-bond acceptors (Lipinski definition) is 7. The molecule has 1 aromatic rings. The lowest BCUT2D eigenvalue weighted by molar-refractivity contribution is -0.143. The third-order valence-corrected chi connectivity index (χ3v) is 4.81. The normalized spacial score (nSPS) is 14.4. The summed E-state index contributed by atoms with van der Waals surface area (Å²) in [5.41, 5.74) is 11.9. The van der Waals surface area contributed by atoms with Crippen LogP contribution < -0.4 is 27.4 Å². The van der Waals surface area contributed by atoms with Gasteiger partial charge in [-0.05, 0) is 24.3 Å². The number of nitrogens with two attached hydrogens (primary N) is 2. The van der Waals surface area contributed by atoms with Crippen LogP contribution in [-0.2, 0) is 30.4 Å². The van der Waals surface area contributed by atoms with Crippen molar-refractivity contribution in [2.45, 2.75) is 57.3 Å². The number of aliphatic hydroxyl groups is 1. The number of nitrogens with one attached hydrogen (secondary N) is 3. The molecule has 12 nitrogen and oxygen atoms in total. The zero-order chi connectivity index (χ0) is 25.8. The molecule has 0 saturated heterocycles. The zero-order valence-electron chi connectivity index (χ0n) is 19.2. The Hall–Kier alpha value is -3.51. The summed E-state index contributed by atoms with van der Waals surface area (Å²) in [5, 5.41) is 25.6. The van der Waals surface area contributed by atoms with Gasteiger partial charge in [0.1, 0.15) is 18.1 Å². The fourth-order valence-electron chi connectivity index (χ4n) is 3.08. The smallest absolute Gasteiger partial charge is 0.326 e. The van der Waals surface area contributed by atoms with Crippen molar-refractivity contribution in [3.63, 3.8) is 0 Å². The largest absolute Gasteiger partial charge is 0.480 e. The van der Waals surface area contributed by atoms with Crippen LogP contribution in [-0.4, -0.2) is 70.6 Å². The molecule has 0 radical (unpaired) electrons. The number of hydrogen-bond donors (Lipinski definition) is 7. The molecule has 4 atom stereocenters. The zero-order valence-corrected chi connectivity index (χ0v) is 19.2. The van der Waals surface area contributed by atoms with E-state index < -0.39 is 66.8 Å². The third-order valence-electron chi connectivity index (χ3n) is 4.81. The van der Waals surface area contributed by atoms with Crippen molar-refractivity contribution < 1.29 is 34.2 Å². The monoisotopic (exact) mass is 479 g/mol. The lowest BCUT2D eigenvalue weighted by Crippen LogP contribution is -2.58. The lowest BCUT2D eigenvalue weighted by atomic mass is 10.0. The summed E-state index contributed by atoms with van der Waals surface area (Å²) in [6.07, 6.45) is -0.279. The molecule has 4 unspecified atom stereocenters. The summed E-state index contributed by atoms with van der Waals surface area (Å²) in [7, 11) is 0. The van der Waals surface area contributed by atoms with Crippen LogP contribution in [0.5, 0.6) is 0 Å². The van der Waals surface area contributed by atoms with Crippen LogP contribution in [0, 0.1) is 5.92 Å². The van der Waals surface area contributed by atoms with Crippen molar-refractivity contribution in [2.24, 2.45) is 17.4 Å². The molecule has 34 heavy (non-hydrogen) atoms. The van der Waals surface area contributed by atoms with Gasteiger partial charge < -0.3 is 37.6 Å². The summed E-state index contributed by atoms with van der Waals surface area (Å²) < 4.78 is 0. The molecule has 0 aromatic heterocycles. The van der Waals surface area contributed by atoms with Crippen LogP contribution in [0.15, 0.2) is 30.3 Å². The highest BCUT2D eigenvalue weighted by atomic mass is 16.4. The first-order valence-corrected chi connectivity index (χ1v) is 10.8. The second kappa shape index (κ2) is 13.9. The van der Waals surface area contributed by atoms with E-state index in [1.807, 2.05) is 0 Å². The molecule has 9 N–H and O–H groups in total. The lowest BCUT2D eigenvalue weighted by Gasteiger charge is -2.24. The van der Waals surface area contributed by atoms with E-state index in [1.54, 1.807) is 44.2 Å². The first-order valence-electron chi connectivity index (χ1n) is 10.8. The predicted molar refractivity (Wildman–Crippen MR) is 122 cm³/mol. The van der Waals surface area contributed by atoms with Crippen LogP contribution >= 0.6 is 0 Å². The topological polar surface area (TPSA) is 214 Å². The fraction of sp³-hybridized carbons (Fsp3) is 0.500. The Morgan fingerprint density at radius 3 is 1.91 bits per heavy atom. The van der Waals surface area contributed by atoms with Crippen LogP contribution in [0.1, 0.15) is 32.3 Å². The Morgan fingerprint density at radius 1 is 0.882 bits per heavy atom. The Balaban J connectivity index is 2.85. The average molecular weight is 480 g/mol. The summed E-state index contributed by atoms with van der Waals surface area (Å²) in [5.74, 6) is -4.84. The number of carboxylic acid groups (broad SMARTS) is 1. The van der Waals surface area contributed by atoms with Gasteiger partial charge in [-0.15, -0.1) is 0 Å². The molecule has 0 aliphatic heterocycles.